The number of ether oxygens (including phenoxy) is 1. The van der Waals surface area contributed by atoms with Gasteiger partial charge in [0.1, 0.15) is 11.7 Å². The molecule has 1 aromatic heterocycles. The van der Waals surface area contributed by atoms with Crippen LogP contribution in [0.25, 0.3) is 0 Å². The number of aromatic nitrogens is 2. The van der Waals surface area contributed by atoms with E-state index < -0.39 is 68.2 Å². The van der Waals surface area contributed by atoms with E-state index in [4.69, 9.17) is 19.5 Å². The summed E-state index contributed by atoms with van der Waals surface area (Å²) in [6.45, 7) is 1.05. The van der Waals surface area contributed by atoms with Crippen LogP contribution in [-0.2, 0) is 23.1 Å². The van der Waals surface area contributed by atoms with Crippen LogP contribution in [0.1, 0.15) is 109 Å². The first-order chi connectivity index (χ1) is 21.3. The molecule has 1 unspecified atom stereocenters. The first-order valence-corrected chi connectivity index (χ1v) is 18.2. The molecular weight excluding hydrogens is 643 g/mol. The van der Waals surface area contributed by atoms with Crippen molar-refractivity contribution in [1.29, 1.82) is 0 Å². The minimum absolute atomic E-state index is 0.115. The quantitative estimate of drug-likeness (QED) is 0.0650. The Morgan fingerprint density at radius 1 is 1.11 bits per heavy atom. The van der Waals surface area contributed by atoms with Crippen molar-refractivity contribution >= 4 is 31.3 Å². The zero-order valence-corrected chi connectivity index (χ0v) is 27.5. The molecule has 1 aliphatic rings. The highest BCUT2D eigenvalue weighted by Gasteiger charge is 2.40. The lowest BCUT2D eigenvalue weighted by Gasteiger charge is -2.21. The minimum atomic E-state index is -5.12. The van der Waals surface area contributed by atoms with Crippen molar-refractivity contribution in [1.82, 2.24) is 14.9 Å². The second-order valence-corrected chi connectivity index (χ2v) is 13.8. The number of hydrogen-bond acceptors (Lipinski definition) is 9. The van der Waals surface area contributed by atoms with E-state index in [1.807, 2.05) is 5.32 Å². The van der Waals surface area contributed by atoms with Gasteiger partial charge in [0.05, 0.1) is 25.5 Å². The number of rotatable bonds is 23. The van der Waals surface area contributed by atoms with E-state index in [1.54, 1.807) is 0 Å². The molecule has 0 bridgehead atoms. The standard InChI is InChI=1S/C28H47F4N4O7PS/c1-2-3-4-5-6-7-8-9-10-11-12-13-14-15-16-21(34-26(37)28(30,31)32)18-41-44(39,40)42-19-24-43-23(20-45-24)36-17-22(29)25(33)35-27(36)38/h17,21,23-24H,2-16,18-20H2,1H3,(H,34,37)(H,39,40)(H2,33,35,38)/t21-,23+,24-/m1/s1. The molecule has 0 spiro atoms. The van der Waals surface area contributed by atoms with E-state index in [0.717, 1.165) is 54.6 Å². The molecule has 0 radical (unpaired) electrons. The van der Waals surface area contributed by atoms with Gasteiger partial charge < -0.3 is 20.7 Å². The number of unbranched alkanes of at least 4 members (excludes halogenated alkanes) is 13. The van der Waals surface area contributed by atoms with Crippen molar-refractivity contribution in [2.75, 3.05) is 24.7 Å². The molecular formula is C28H47F4N4O7PS. The molecule has 4 N–H and O–H groups in total. The fourth-order valence-corrected chi connectivity index (χ4v) is 6.62. The lowest BCUT2D eigenvalue weighted by molar-refractivity contribution is -0.174. The fourth-order valence-electron chi connectivity index (χ4n) is 4.77. The summed E-state index contributed by atoms with van der Waals surface area (Å²) in [6.07, 6.45) is 10.4. The summed E-state index contributed by atoms with van der Waals surface area (Å²) in [4.78, 5) is 37.0. The number of phosphoric ester groups is 1. The summed E-state index contributed by atoms with van der Waals surface area (Å²) in [5, 5.41) is 1.83. The van der Waals surface area contributed by atoms with E-state index in [9.17, 15) is 36.6 Å². The fraction of sp³-hybridized carbons (Fsp3) is 0.821. The average molecular weight is 691 g/mol. The summed E-state index contributed by atoms with van der Waals surface area (Å²) in [7, 11) is -4.76. The Morgan fingerprint density at radius 2 is 1.67 bits per heavy atom. The Labute approximate surface area is 266 Å². The summed E-state index contributed by atoms with van der Waals surface area (Å²) < 4.78 is 81.0. The third kappa shape index (κ3) is 16.1. The first kappa shape index (κ1) is 39.5. The molecule has 1 aromatic rings. The number of amides is 1. The molecule has 1 amide bonds. The highest BCUT2D eigenvalue weighted by atomic mass is 32.2. The van der Waals surface area contributed by atoms with Gasteiger partial charge in [0, 0.05) is 5.75 Å². The number of halogens is 4. The number of anilines is 1. The molecule has 0 saturated carbocycles. The van der Waals surface area contributed by atoms with Gasteiger partial charge in [0.15, 0.2) is 11.6 Å². The molecule has 1 fully saturated rings. The lowest BCUT2D eigenvalue weighted by Crippen LogP contribution is -2.45. The number of hydrogen-bond donors (Lipinski definition) is 3. The number of nitrogens with zero attached hydrogens (tertiary/aromatic N) is 2. The summed E-state index contributed by atoms with van der Waals surface area (Å²) >= 11 is 1.11. The molecule has 0 aromatic carbocycles. The normalized spacial score (nSPS) is 19.0. The molecule has 45 heavy (non-hydrogen) atoms. The number of nitrogen functional groups attached to an aromatic ring is 1. The molecule has 2 heterocycles. The van der Waals surface area contributed by atoms with Crippen molar-refractivity contribution in [3.63, 3.8) is 0 Å². The van der Waals surface area contributed by atoms with Crippen molar-refractivity contribution in [2.24, 2.45) is 0 Å². The van der Waals surface area contributed by atoms with Gasteiger partial charge in [0.2, 0.25) is 0 Å². The Hall–Kier alpha value is -1.71. The minimum Gasteiger partial charge on any atom is -0.381 e. The lowest BCUT2D eigenvalue weighted by atomic mass is 10.0. The Kier molecular flexibility index (Phi) is 18.0. The van der Waals surface area contributed by atoms with E-state index in [0.29, 0.717) is 6.42 Å². The van der Waals surface area contributed by atoms with Crippen LogP contribution in [0.5, 0.6) is 0 Å². The second kappa shape index (κ2) is 20.5. The largest absolute Gasteiger partial charge is 0.472 e. The van der Waals surface area contributed by atoms with Crippen molar-refractivity contribution in [3.05, 3.63) is 22.5 Å². The Bertz CT molecular complexity index is 1130. The predicted molar refractivity (Wildman–Crippen MR) is 164 cm³/mol. The van der Waals surface area contributed by atoms with Gasteiger partial charge >= 0.3 is 25.6 Å². The van der Waals surface area contributed by atoms with Gasteiger partial charge in [-0.2, -0.15) is 18.2 Å². The first-order valence-electron chi connectivity index (χ1n) is 15.6. The maximum absolute atomic E-state index is 13.7. The van der Waals surface area contributed by atoms with Gasteiger partial charge in [-0.1, -0.05) is 96.8 Å². The number of nitrogens with one attached hydrogen (secondary N) is 1. The number of phosphoric acid groups is 1. The third-order valence-electron chi connectivity index (χ3n) is 7.29. The van der Waals surface area contributed by atoms with Gasteiger partial charge in [-0.15, -0.1) is 11.8 Å². The van der Waals surface area contributed by atoms with Crippen LogP contribution in [0.15, 0.2) is 11.0 Å². The Balaban J connectivity index is 1.70. The number of carbonyl (C=O) groups excluding carboxylic acids is 1. The van der Waals surface area contributed by atoms with Gasteiger partial charge in [-0.3, -0.25) is 18.4 Å². The van der Waals surface area contributed by atoms with Crippen LogP contribution >= 0.6 is 19.6 Å². The monoisotopic (exact) mass is 690 g/mol. The molecule has 1 aliphatic heterocycles. The zero-order chi connectivity index (χ0) is 33.3. The molecule has 4 atom stereocenters. The number of alkyl halides is 3. The maximum atomic E-state index is 13.7. The summed E-state index contributed by atoms with van der Waals surface area (Å²) in [5.41, 5.74) is 3.58. The van der Waals surface area contributed by atoms with Gasteiger partial charge in [0.25, 0.3) is 0 Å². The van der Waals surface area contributed by atoms with Crippen molar-refractivity contribution in [3.8, 4) is 0 Å². The number of carbonyl (C=O) groups is 1. The maximum Gasteiger partial charge on any atom is 0.472 e. The summed E-state index contributed by atoms with van der Waals surface area (Å²) in [5.74, 6) is -3.48. The van der Waals surface area contributed by atoms with Crippen molar-refractivity contribution < 1.29 is 45.6 Å². The van der Waals surface area contributed by atoms with Gasteiger partial charge in [-0.25, -0.2) is 13.8 Å². The Morgan fingerprint density at radius 3 is 2.22 bits per heavy atom. The third-order valence-corrected chi connectivity index (χ3v) is 9.34. The van der Waals surface area contributed by atoms with Crippen LogP contribution in [0.4, 0.5) is 23.4 Å². The topological polar surface area (TPSA) is 155 Å². The van der Waals surface area contributed by atoms with Crippen LogP contribution < -0.4 is 16.7 Å². The van der Waals surface area contributed by atoms with E-state index in [1.165, 1.54) is 51.4 Å². The zero-order valence-electron chi connectivity index (χ0n) is 25.8. The van der Waals surface area contributed by atoms with Crippen LogP contribution in [0.2, 0.25) is 0 Å². The number of thioether (sulfide) groups is 1. The predicted octanol–water partition coefficient (Wildman–Crippen LogP) is 6.60. The van der Waals surface area contributed by atoms with E-state index in [2.05, 4.69) is 11.9 Å². The molecule has 17 heteroatoms. The molecule has 260 valence electrons. The average Bonchev–Trinajstić information content (AvgIpc) is 3.45. The smallest absolute Gasteiger partial charge is 0.381 e. The molecule has 0 aliphatic carbocycles. The molecule has 2 rings (SSSR count). The highest BCUT2D eigenvalue weighted by molar-refractivity contribution is 8.00. The van der Waals surface area contributed by atoms with Crippen LogP contribution in [0.3, 0.4) is 0 Å². The van der Waals surface area contributed by atoms with Crippen LogP contribution in [0, 0.1) is 5.82 Å². The number of nitrogens with two attached hydrogens (primary N) is 1. The van der Waals surface area contributed by atoms with Crippen molar-refractivity contribution in [2.45, 2.75) is 127 Å². The molecule has 1 saturated heterocycles. The second-order valence-electron chi connectivity index (χ2n) is 11.1. The molecule has 11 nitrogen and oxygen atoms in total. The van der Waals surface area contributed by atoms with E-state index in [-0.39, 0.29) is 12.2 Å². The highest BCUT2D eigenvalue weighted by Crippen LogP contribution is 2.45. The van der Waals surface area contributed by atoms with Gasteiger partial charge in [-0.05, 0) is 6.42 Å². The SMILES string of the molecule is CCCCCCCCCCCCCCCC[C@H](COP(=O)(O)OC[C@@H]1O[C@H](n2cc(F)c(N)nc2=O)CS1)NC(=O)C(F)(F)F. The van der Waals surface area contributed by atoms with Crippen LogP contribution in [-0.4, -0.2) is 57.0 Å². The summed E-state index contributed by atoms with van der Waals surface area (Å²) in [6, 6.07) is -1.16. The van der Waals surface area contributed by atoms with E-state index >= 15 is 0 Å².